The van der Waals surface area contributed by atoms with Crippen LogP contribution in [0, 0.1) is 11.8 Å². The van der Waals surface area contributed by atoms with Gasteiger partial charge < -0.3 is 4.90 Å². The van der Waals surface area contributed by atoms with E-state index < -0.39 is 0 Å². The Balaban J connectivity index is 1.69. The van der Waals surface area contributed by atoms with Crippen molar-refractivity contribution in [1.82, 2.24) is 4.90 Å². The smallest absolute Gasteiger partial charge is 0.142 e. The van der Waals surface area contributed by atoms with E-state index in [1.807, 2.05) is 0 Å². The Kier molecular flexibility index (Phi) is 4.13. The molecule has 2 aromatic rings. The summed E-state index contributed by atoms with van der Waals surface area (Å²) < 4.78 is 0.996. The zero-order valence-electron chi connectivity index (χ0n) is 14.3. The van der Waals surface area contributed by atoms with Gasteiger partial charge in [-0.15, -0.1) is 0 Å². The van der Waals surface area contributed by atoms with E-state index in [0.29, 0.717) is 17.9 Å². The Morgan fingerprint density at radius 2 is 1.92 bits per heavy atom. The predicted molar refractivity (Wildman–Crippen MR) is 109 cm³/mol. The van der Waals surface area contributed by atoms with Crippen molar-refractivity contribution in [1.29, 1.82) is 0 Å². The van der Waals surface area contributed by atoms with Crippen molar-refractivity contribution < 1.29 is 0 Å². The van der Waals surface area contributed by atoms with Gasteiger partial charge in [0.25, 0.3) is 0 Å². The fourth-order valence-corrected chi connectivity index (χ4v) is 5.40. The van der Waals surface area contributed by atoms with Crippen LogP contribution in [0.3, 0.4) is 0 Å². The number of thioether (sulfide) groups is 1. The van der Waals surface area contributed by atoms with Crippen LogP contribution in [-0.4, -0.2) is 26.9 Å². The first-order valence-corrected chi connectivity index (χ1v) is 9.98. The van der Waals surface area contributed by atoms with Crippen LogP contribution >= 0.6 is 24.0 Å². The lowest BCUT2D eigenvalue weighted by molar-refractivity contribution is 0.344. The van der Waals surface area contributed by atoms with Gasteiger partial charge in [-0.05, 0) is 22.3 Å². The van der Waals surface area contributed by atoms with E-state index in [2.05, 4.69) is 68.1 Å². The number of nitrogens with zero attached hydrogens (tertiary/aromatic N) is 2. The van der Waals surface area contributed by atoms with Gasteiger partial charge in [0.2, 0.25) is 0 Å². The second kappa shape index (κ2) is 6.16. The molecule has 0 unspecified atom stereocenters. The molecule has 124 valence electrons. The van der Waals surface area contributed by atoms with Gasteiger partial charge in [-0.1, -0.05) is 87.2 Å². The van der Waals surface area contributed by atoms with E-state index in [4.69, 9.17) is 17.2 Å². The van der Waals surface area contributed by atoms with Crippen LogP contribution in [0.15, 0.2) is 47.5 Å². The molecule has 0 radical (unpaired) electrons. The SMILES string of the molecule is CC(C)[C@H]1CSC(=S)N1C1=N[C@H](c2cccc3ccccc23)[C@H]1C. The Hall–Kier alpha value is -1.39. The molecular formula is C20H22N2S2. The third kappa shape index (κ3) is 2.47. The Morgan fingerprint density at radius 1 is 1.17 bits per heavy atom. The van der Waals surface area contributed by atoms with Gasteiger partial charge >= 0.3 is 0 Å². The van der Waals surface area contributed by atoms with E-state index in [1.165, 1.54) is 22.2 Å². The Labute approximate surface area is 153 Å². The molecule has 4 rings (SSSR count). The molecule has 24 heavy (non-hydrogen) atoms. The van der Waals surface area contributed by atoms with E-state index >= 15 is 0 Å². The molecule has 2 aromatic carbocycles. The third-order valence-electron chi connectivity index (χ3n) is 5.22. The minimum atomic E-state index is 0.243. The molecule has 0 N–H and O–H groups in total. The van der Waals surface area contributed by atoms with Gasteiger partial charge in [-0.25, -0.2) is 0 Å². The van der Waals surface area contributed by atoms with Crippen LogP contribution in [0.2, 0.25) is 0 Å². The summed E-state index contributed by atoms with van der Waals surface area (Å²) in [6.07, 6.45) is 0. The molecule has 0 spiro atoms. The third-order valence-corrected chi connectivity index (χ3v) is 6.72. The van der Waals surface area contributed by atoms with Crippen LogP contribution in [0.25, 0.3) is 10.8 Å². The van der Waals surface area contributed by atoms with Crippen LogP contribution in [0.4, 0.5) is 0 Å². The molecule has 0 amide bonds. The molecule has 0 saturated carbocycles. The Bertz CT molecular complexity index is 822. The van der Waals surface area contributed by atoms with Crippen molar-refractivity contribution in [3.63, 3.8) is 0 Å². The largest absolute Gasteiger partial charge is 0.311 e. The number of amidine groups is 1. The van der Waals surface area contributed by atoms with Gasteiger partial charge in [0, 0.05) is 17.7 Å². The predicted octanol–water partition coefficient (Wildman–Crippen LogP) is 5.29. The summed E-state index contributed by atoms with van der Waals surface area (Å²) >= 11 is 7.40. The highest BCUT2D eigenvalue weighted by molar-refractivity contribution is 8.23. The normalized spacial score (nSPS) is 26.8. The number of rotatable bonds is 2. The van der Waals surface area contributed by atoms with Gasteiger partial charge in [-0.3, -0.25) is 4.99 Å². The van der Waals surface area contributed by atoms with Crippen LogP contribution < -0.4 is 0 Å². The second-order valence-corrected chi connectivity index (χ2v) is 8.70. The summed E-state index contributed by atoms with van der Waals surface area (Å²) in [6.45, 7) is 6.84. The van der Waals surface area contributed by atoms with Crippen LogP contribution in [0.1, 0.15) is 32.4 Å². The summed E-state index contributed by atoms with van der Waals surface area (Å²) in [6, 6.07) is 15.9. The summed E-state index contributed by atoms with van der Waals surface area (Å²) in [7, 11) is 0. The van der Waals surface area contributed by atoms with E-state index in [-0.39, 0.29) is 6.04 Å². The maximum Gasteiger partial charge on any atom is 0.142 e. The van der Waals surface area contributed by atoms with Crippen molar-refractivity contribution in [3.05, 3.63) is 48.0 Å². The first-order valence-electron chi connectivity index (χ1n) is 8.59. The number of hydrogen-bond acceptors (Lipinski definition) is 3. The maximum atomic E-state index is 5.61. The molecule has 3 atom stereocenters. The number of fused-ring (bicyclic) bond motifs is 1. The maximum absolute atomic E-state index is 5.61. The minimum Gasteiger partial charge on any atom is -0.311 e. The average molecular weight is 355 g/mol. The minimum absolute atomic E-state index is 0.243. The molecule has 4 heteroatoms. The van der Waals surface area contributed by atoms with Gasteiger partial charge in [0.05, 0.1) is 6.04 Å². The average Bonchev–Trinajstić information content (AvgIpc) is 2.95. The van der Waals surface area contributed by atoms with Gasteiger partial charge in [-0.2, -0.15) is 0 Å². The molecule has 1 fully saturated rings. The van der Waals surface area contributed by atoms with Crippen molar-refractivity contribution in [2.75, 3.05) is 5.75 Å². The number of aliphatic imine (C=N–C) groups is 1. The summed E-state index contributed by atoms with van der Waals surface area (Å²) in [4.78, 5) is 7.36. The first kappa shape index (κ1) is 16.1. The van der Waals surface area contributed by atoms with E-state index in [1.54, 1.807) is 11.8 Å². The van der Waals surface area contributed by atoms with Crippen molar-refractivity contribution in [2.45, 2.75) is 32.9 Å². The quantitative estimate of drug-likeness (QED) is 0.682. The first-order chi connectivity index (χ1) is 11.6. The van der Waals surface area contributed by atoms with Crippen molar-refractivity contribution in [3.8, 4) is 0 Å². The van der Waals surface area contributed by atoms with Crippen LogP contribution in [0.5, 0.6) is 0 Å². The summed E-state index contributed by atoms with van der Waals surface area (Å²) in [5.74, 6) is 3.26. The Morgan fingerprint density at radius 3 is 2.67 bits per heavy atom. The fraction of sp³-hybridized carbons (Fsp3) is 0.400. The topological polar surface area (TPSA) is 15.6 Å². The monoisotopic (exact) mass is 354 g/mol. The van der Waals surface area contributed by atoms with E-state index in [0.717, 1.165) is 10.1 Å². The molecule has 0 bridgehead atoms. The van der Waals surface area contributed by atoms with Crippen molar-refractivity contribution in [2.24, 2.45) is 16.8 Å². The van der Waals surface area contributed by atoms with Crippen molar-refractivity contribution >= 4 is 44.9 Å². The molecular weight excluding hydrogens is 332 g/mol. The number of hydrogen-bond donors (Lipinski definition) is 0. The summed E-state index contributed by atoms with van der Waals surface area (Å²) in [5, 5.41) is 2.61. The number of benzene rings is 2. The zero-order valence-corrected chi connectivity index (χ0v) is 15.9. The summed E-state index contributed by atoms with van der Waals surface area (Å²) in [5.41, 5.74) is 1.34. The fourth-order valence-electron chi connectivity index (χ4n) is 3.75. The molecule has 0 aliphatic carbocycles. The highest BCUT2D eigenvalue weighted by Crippen LogP contribution is 2.43. The standard InChI is InChI=1S/C20H22N2S2/c1-12(2)17-11-24-20(23)22(17)19-13(3)18(21-19)16-10-6-8-14-7-4-5-9-15(14)16/h4-10,12-13,17-18H,11H2,1-3H3/t13-,17-,18+/m1/s1. The van der Waals surface area contributed by atoms with Crippen LogP contribution in [-0.2, 0) is 0 Å². The second-order valence-electron chi connectivity index (χ2n) is 7.05. The van der Waals surface area contributed by atoms with Gasteiger partial charge in [0.15, 0.2) is 0 Å². The van der Waals surface area contributed by atoms with Gasteiger partial charge in [0.1, 0.15) is 10.2 Å². The van der Waals surface area contributed by atoms with E-state index in [9.17, 15) is 0 Å². The molecule has 0 aromatic heterocycles. The molecule has 2 heterocycles. The highest BCUT2D eigenvalue weighted by Gasteiger charge is 2.43. The lowest BCUT2D eigenvalue weighted by Gasteiger charge is -2.41. The molecule has 2 nitrogen and oxygen atoms in total. The number of thiocarbonyl (C=S) groups is 1. The molecule has 1 saturated heterocycles. The lowest BCUT2D eigenvalue weighted by atomic mass is 9.85. The molecule has 2 aliphatic heterocycles. The molecule has 2 aliphatic rings. The lowest BCUT2D eigenvalue weighted by Crippen LogP contribution is -2.49. The zero-order chi connectivity index (χ0) is 16.8. The highest BCUT2D eigenvalue weighted by atomic mass is 32.2.